The largest absolute Gasteiger partial charge is 0.340 e. The molecule has 0 saturated carbocycles. The van der Waals surface area contributed by atoms with Gasteiger partial charge in [-0.25, -0.2) is 4.98 Å². The van der Waals surface area contributed by atoms with E-state index in [0.29, 0.717) is 11.1 Å². The number of anilines is 4. The lowest BCUT2D eigenvalue weighted by Crippen LogP contribution is -2.26. The van der Waals surface area contributed by atoms with Crippen molar-refractivity contribution >= 4 is 34.7 Å². The Hall–Kier alpha value is -2.59. The van der Waals surface area contributed by atoms with Crippen molar-refractivity contribution < 1.29 is 0 Å². The van der Waals surface area contributed by atoms with Gasteiger partial charge in [0.25, 0.3) is 0 Å². The van der Waals surface area contributed by atoms with Gasteiger partial charge in [0.1, 0.15) is 5.82 Å². The van der Waals surface area contributed by atoms with Gasteiger partial charge in [0.05, 0.1) is 0 Å². The summed E-state index contributed by atoms with van der Waals surface area (Å²) in [5.41, 5.74) is 4.36. The SMILES string of the molecule is Cc1cc(Nc2cccc(Cl)c2)nc(N2c3ccccc3CC2C)n1. The summed E-state index contributed by atoms with van der Waals surface area (Å²) in [6, 6.07) is 18.3. The summed E-state index contributed by atoms with van der Waals surface area (Å²) in [6.07, 6.45) is 1.00. The second-order valence-corrected chi connectivity index (χ2v) is 6.82. The Bertz CT molecular complexity index is 925. The van der Waals surface area contributed by atoms with Gasteiger partial charge in [-0.15, -0.1) is 0 Å². The van der Waals surface area contributed by atoms with Gasteiger partial charge in [-0.1, -0.05) is 35.9 Å². The summed E-state index contributed by atoms with van der Waals surface area (Å²) in [4.78, 5) is 11.6. The number of nitrogens with one attached hydrogen (secondary N) is 1. The molecule has 1 atom stereocenters. The van der Waals surface area contributed by atoms with E-state index in [1.807, 2.05) is 37.3 Å². The number of hydrogen-bond donors (Lipinski definition) is 1. The van der Waals surface area contributed by atoms with E-state index in [-0.39, 0.29) is 0 Å². The molecule has 2 aromatic carbocycles. The lowest BCUT2D eigenvalue weighted by Gasteiger charge is -2.23. The van der Waals surface area contributed by atoms with E-state index in [9.17, 15) is 0 Å². The van der Waals surface area contributed by atoms with E-state index in [2.05, 4.69) is 46.4 Å². The summed E-state index contributed by atoms with van der Waals surface area (Å²) < 4.78 is 0. The number of aryl methyl sites for hydroxylation is 1. The highest BCUT2D eigenvalue weighted by atomic mass is 35.5. The molecule has 1 N–H and O–H groups in total. The van der Waals surface area contributed by atoms with Gasteiger partial charge in [-0.2, -0.15) is 4.98 Å². The maximum absolute atomic E-state index is 6.07. The number of halogens is 1. The van der Waals surface area contributed by atoms with Crippen molar-refractivity contribution in [3.8, 4) is 0 Å². The second kappa shape index (κ2) is 6.37. The molecule has 25 heavy (non-hydrogen) atoms. The predicted molar refractivity (Wildman–Crippen MR) is 103 cm³/mol. The first-order chi connectivity index (χ1) is 12.1. The number of para-hydroxylation sites is 1. The molecule has 3 aromatic rings. The Morgan fingerprint density at radius 3 is 2.76 bits per heavy atom. The Morgan fingerprint density at radius 1 is 1.08 bits per heavy atom. The maximum atomic E-state index is 6.07. The van der Waals surface area contributed by atoms with Crippen LogP contribution in [0.5, 0.6) is 0 Å². The molecule has 0 amide bonds. The highest BCUT2D eigenvalue weighted by molar-refractivity contribution is 6.30. The molecule has 1 aromatic heterocycles. The third kappa shape index (κ3) is 3.17. The zero-order valence-electron chi connectivity index (χ0n) is 14.2. The summed E-state index contributed by atoms with van der Waals surface area (Å²) in [5.74, 6) is 1.49. The van der Waals surface area contributed by atoms with Crippen LogP contribution in [0.25, 0.3) is 0 Å². The highest BCUT2D eigenvalue weighted by Gasteiger charge is 2.29. The Morgan fingerprint density at radius 2 is 1.92 bits per heavy atom. The maximum Gasteiger partial charge on any atom is 0.232 e. The van der Waals surface area contributed by atoms with Crippen LogP contribution in [0.3, 0.4) is 0 Å². The molecule has 0 fully saturated rings. The molecule has 4 rings (SSSR count). The summed E-state index contributed by atoms with van der Waals surface area (Å²) in [6.45, 7) is 4.19. The van der Waals surface area contributed by atoms with E-state index < -0.39 is 0 Å². The molecule has 1 aliphatic heterocycles. The van der Waals surface area contributed by atoms with E-state index in [1.165, 1.54) is 11.3 Å². The van der Waals surface area contributed by atoms with E-state index in [0.717, 1.165) is 29.6 Å². The number of benzene rings is 2. The van der Waals surface area contributed by atoms with Gasteiger partial charge in [-0.05, 0) is 50.1 Å². The van der Waals surface area contributed by atoms with Gasteiger partial charge in [0, 0.05) is 34.2 Å². The molecule has 126 valence electrons. The van der Waals surface area contributed by atoms with Crippen molar-refractivity contribution in [1.82, 2.24) is 9.97 Å². The molecule has 0 spiro atoms. The van der Waals surface area contributed by atoms with E-state index in [4.69, 9.17) is 16.6 Å². The standard InChI is InChI=1S/C20H19ClN4/c1-13-10-19(23-17-8-5-7-16(21)12-17)24-20(22-13)25-14(2)11-15-6-3-4-9-18(15)25/h3-10,12,14H,11H2,1-2H3,(H,22,23,24). The first kappa shape index (κ1) is 15.9. The minimum Gasteiger partial charge on any atom is -0.340 e. The first-order valence-electron chi connectivity index (χ1n) is 8.35. The molecular formula is C20H19ClN4. The summed E-state index contributed by atoms with van der Waals surface area (Å²) in [7, 11) is 0. The molecule has 0 bridgehead atoms. The Labute approximate surface area is 152 Å². The number of fused-ring (bicyclic) bond motifs is 1. The molecule has 0 radical (unpaired) electrons. The molecule has 5 heteroatoms. The van der Waals surface area contributed by atoms with Crippen molar-refractivity contribution in [1.29, 1.82) is 0 Å². The molecule has 0 saturated heterocycles. The smallest absolute Gasteiger partial charge is 0.232 e. The zero-order chi connectivity index (χ0) is 17.4. The fourth-order valence-electron chi connectivity index (χ4n) is 3.31. The molecule has 4 nitrogen and oxygen atoms in total. The Balaban J connectivity index is 1.71. The lowest BCUT2D eigenvalue weighted by atomic mass is 10.1. The fourth-order valence-corrected chi connectivity index (χ4v) is 3.50. The highest BCUT2D eigenvalue weighted by Crippen LogP contribution is 2.37. The number of nitrogens with zero attached hydrogens (tertiary/aromatic N) is 3. The number of aromatic nitrogens is 2. The predicted octanol–water partition coefficient (Wildman–Crippen LogP) is 5.26. The van der Waals surface area contributed by atoms with Crippen LogP contribution in [0.1, 0.15) is 18.2 Å². The van der Waals surface area contributed by atoms with Gasteiger partial charge >= 0.3 is 0 Å². The average molecular weight is 351 g/mol. The summed E-state index contributed by atoms with van der Waals surface area (Å²) in [5, 5.41) is 4.02. The minimum atomic E-state index is 0.332. The van der Waals surface area contributed by atoms with Crippen LogP contribution in [0.4, 0.5) is 23.1 Å². The van der Waals surface area contributed by atoms with Crippen LogP contribution in [0.15, 0.2) is 54.6 Å². The minimum absolute atomic E-state index is 0.332. The third-order valence-electron chi connectivity index (χ3n) is 4.36. The molecule has 1 unspecified atom stereocenters. The van der Waals surface area contributed by atoms with Gasteiger partial charge in [-0.3, -0.25) is 0 Å². The van der Waals surface area contributed by atoms with Crippen LogP contribution < -0.4 is 10.2 Å². The number of hydrogen-bond acceptors (Lipinski definition) is 4. The van der Waals surface area contributed by atoms with Crippen molar-refractivity contribution in [2.45, 2.75) is 26.3 Å². The van der Waals surface area contributed by atoms with E-state index in [1.54, 1.807) is 0 Å². The zero-order valence-corrected chi connectivity index (χ0v) is 15.0. The molecule has 1 aliphatic rings. The van der Waals surface area contributed by atoms with Crippen LogP contribution in [-0.2, 0) is 6.42 Å². The van der Waals surface area contributed by atoms with Crippen LogP contribution in [0, 0.1) is 6.92 Å². The topological polar surface area (TPSA) is 41.1 Å². The van der Waals surface area contributed by atoms with Gasteiger partial charge < -0.3 is 10.2 Å². The van der Waals surface area contributed by atoms with Crippen molar-refractivity contribution in [2.24, 2.45) is 0 Å². The molecule has 0 aliphatic carbocycles. The van der Waals surface area contributed by atoms with Crippen molar-refractivity contribution in [3.05, 3.63) is 70.9 Å². The monoisotopic (exact) mass is 350 g/mol. The van der Waals surface area contributed by atoms with Crippen molar-refractivity contribution in [2.75, 3.05) is 10.2 Å². The normalized spacial score (nSPS) is 16.0. The quantitative estimate of drug-likeness (QED) is 0.699. The summed E-state index contributed by atoms with van der Waals surface area (Å²) >= 11 is 6.07. The molecule has 2 heterocycles. The average Bonchev–Trinajstić information content (AvgIpc) is 2.90. The van der Waals surface area contributed by atoms with Crippen molar-refractivity contribution in [3.63, 3.8) is 0 Å². The van der Waals surface area contributed by atoms with Crippen LogP contribution >= 0.6 is 11.6 Å². The molecular weight excluding hydrogens is 332 g/mol. The fraction of sp³-hybridized carbons (Fsp3) is 0.200. The Kier molecular flexibility index (Phi) is 4.06. The van der Waals surface area contributed by atoms with Gasteiger partial charge in [0.2, 0.25) is 5.95 Å². The van der Waals surface area contributed by atoms with Crippen LogP contribution in [0.2, 0.25) is 5.02 Å². The second-order valence-electron chi connectivity index (χ2n) is 6.38. The lowest BCUT2D eigenvalue weighted by molar-refractivity contribution is 0.738. The van der Waals surface area contributed by atoms with Gasteiger partial charge in [0.15, 0.2) is 0 Å². The van der Waals surface area contributed by atoms with E-state index >= 15 is 0 Å². The van der Waals surface area contributed by atoms with Crippen LogP contribution in [-0.4, -0.2) is 16.0 Å². The third-order valence-corrected chi connectivity index (χ3v) is 4.60. The number of rotatable bonds is 3. The first-order valence-corrected chi connectivity index (χ1v) is 8.73.